The molecular formula is C17H19N3O6S. The van der Waals surface area contributed by atoms with Gasteiger partial charge in [-0.05, 0) is 31.5 Å². The predicted molar refractivity (Wildman–Crippen MR) is 95.9 cm³/mol. The number of amides is 1. The van der Waals surface area contributed by atoms with Crippen LogP contribution < -0.4 is 0 Å². The van der Waals surface area contributed by atoms with Crippen LogP contribution in [0.25, 0.3) is 0 Å². The molecule has 1 amide bonds. The van der Waals surface area contributed by atoms with Crippen molar-refractivity contribution in [3.8, 4) is 0 Å². The summed E-state index contributed by atoms with van der Waals surface area (Å²) in [5.74, 6) is -1.13. The van der Waals surface area contributed by atoms with Crippen molar-refractivity contribution in [3.63, 3.8) is 0 Å². The Bertz CT molecular complexity index is 990. The van der Waals surface area contributed by atoms with Gasteiger partial charge in [0.1, 0.15) is 4.92 Å². The molecule has 2 heterocycles. The maximum absolute atomic E-state index is 12.9. The molecule has 0 unspecified atom stereocenters. The zero-order valence-electron chi connectivity index (χ0n) is 14.9. The highest BCUT2D eigenvalue weighted by Gasteiger charge is 2.32. The molecule has 0 saturated carbocycles. The number of nitro groups is 1. The first-order valence-electron chi connectivity index (χ1n) is 8.31. The van der Waals surface area contributed by atoms with Crippen LogP contribution in [0.4, 0.5) is 5.88 Å². The zero-order valence-corrected chi connectivity index (χ0v) is 15.7. The predicted octanol–water partition coefficient (Wildman–Crippen LogP) is 1.95. The summed E-state index contributed by atoms with van der Waals surface area (Å²) in [5.41, 5.74) is 1.66. The highest BCUT2D eigenvalue weighted by atomic mass is 32.2. The topological polar surface area (TPSA) is 114 Å². The van der Waals surface area contributed by atoms with E-state index in [0.29, 0.717) is 5.56 Å². The summed E-state index contributed by atoms with van der Waals surface area (Å²) in [6, 6.07) is 7.53. The molecule has 3 rings (SSSR count). The van der Waals surface area contributed by atoms with Crippen LogP contribution in [0.15, 0.2) is 39.6 Å². The van der Waals surface area contributed by atoms with Crippen LogP contribution in [-0.2, 0) is 10.0 Å². The first kappa shape index (κ1) is 19.1. The van der Waals surface area contributed by atoms with Crippen LogP contribution in [-0.4, -0.2) is 54.6 Å². The molecule has 1 aromatic heterocycles. The van der Waals surface area contributed by atoms with Crippen molar-refractivity contribution in [2.45, 2.75) is 18.7 Å². The van der Waals surface area contributed by atoms with Crippen molar-refractivity contribution in [2.75, 3.05) is 26.2 Å². The number of hydrogen-bond donors (Lipinski definition) is 0. The molecular weight excluding hydrogens is 374 g/mol. The number of sulfonamides is 1. The fourth-order valence-corrected chi connectivity index (χ4v) is 4.68. The Morgan fingerprint density at radius 1 is 1.11 bits per heavy atom. The molecule has 2 aromatic rings. The first-order valence-corrected chi connectivity index (χ1v) is 9.75. The summed E-state index contributed by atoms with van der Waals surface area (Å²) in [5, 5.41) is 10.7. The minimum absolute atomic E-state index is 0.132. The van der Waals surface area contributed by atoms with E-state index in [2.05, 4.69) is 0 Å². The van der Waals surface area contributed by atoms with E-state index in [1.807, 2.05) is 13.0 Å². The number of piperazine rings is 1. The van der Waals surface area contributed by atoms with Crippen molar-refractivity contribution in [1.29, 1.82) is 0 Å². The lowest BCUT2D eigenvalue weighted by atomic mass is 10.2. The number of hydrogen-bond acceptors (Lipinski definition) is 6. The smallest absolute Gasteiger partial charge is 0.395 e. The van der Waals surface area contributed by atoms with Crippen molar-refractivity contribution < 1.29 is 22.6 Å². The van der Waals surface area contributed by atoms with Gasteiger partial charge in [-0.15, -0.1) is 0 Å². The largest absolute Gasteiger partial charge is 0.433 e. The second-order valence-electron chi connectivity index (χ2n) is 6.36. The minimum Gasteiger partial charge on any atom is -0.395 e. The molecule has 1 aliphatic heterocycles. The number of furan rings is 1. The normalized spacial score (nSPS) is 15.7. The molecule has 0 bridgehead atoms. The molecule has 1 aromatic carbocycles. The Balaban J connectivity index is 1.70. The lowest BCUT2D eigenvalue weighted by Crippen LogP contribution is -2.50. The van der Waals surface area contributed by atoms with Gasteiger partial charge in [0, 0.05) is 26.2 Å². The highest BCUT2D eigenvalue weighted by Crippen LogP contribution is 2.23. The number of carbonyl (C=O) groups excluding carboxylic acids is 1. The van der Waals surface area contributed by atoms with E-state index in [-0.39, 0.29) is 36.8 Å². The van der Waals surface area contributed by atoms with Crippen LogP contribution in [0.5, 0.6) is 0 Å². The molecule has 0 radical (unpaired) electrons. The fraction of sp³-hybridized carbons (Fsp3) is 0.353. The summed E-state index contributed by atoms with van der Waals surface area (Å²) in [6.45, 7) is 4.29. The highest BCUT2D eigenvalue weighted by molar-refractivity contribution is 7.89. The molecule has 1 saturated heterocycles. The van der Waals surface area contributed by atoms with E-state index in [1.165, 1.54) is 15.3 Å². The van der Waals surface area contributed by atoms with E-state index in [0.717, 1.165) is 11.6 Å². The Hall–Kier alpha value is -2.72. The summed E-state index contributed by atoms with van der Waals surface area (Å²) in [7, 11) is -3.65. The maximum Gasteiger partial charge on any atom is 0.433 e. The van der Waals surface area contributed by atoms with Crippen molar-refractivity contribution in [3.05, 3.63) is 57.3 Å². The number of rotatable bonds is 4. The number of aryl methyl sites for hydroxylation is 2. The number of carbonyl (C=O) groups is 1. The minimum atomic E-state index is -3.65. The monoisotopic (exact) mass is 393 g/mol. The van der Waals surface area contributed by atoms with Gasteiger partial charge in [-0.25, -0.2) is 8.42 Å². The van der Waals surface area contributed by atoms with Gasteiger partial charge in [0.25, 0.3) is 5.91 Å². The number of nitrogens with zero attached hydrogens (tertiary/aromatic N) is 3. The van der Waals surface area contributed by atoms with Crippen LogP contribution >= 0.6 is 0 Å². The first-order chi connectivity index (χ1) is 12.7. The quantitative estimate of drug-likeness (QED) is 0.579. The van der Waals surface area contributed by atoms with Crippen molar-refractivity contribution in [2.24, 2.45) is 0 Å². The zero-order chi connectivity index (χ0) is 19.8. The second kappa shape index (κ2) is 7.12. The van der Waals surface area contributed by atoms with Crippen LogP contribution in [0, 0.1) is 24.0 Å². The molecule has 1 aliphatic rings. The van der Waals surface area contributed by atoms with Gasteiger partial charge < -0.3 is 9.32 Å². The average Bonchev–Trinajstić information content (AvgIpc) is 3.11. The Labute approximate surface area is 156 Å². The van der Waals surface area contributed by atoms with Gasteiger partial charge in [0.05, 0.1) is 11.0 Å². The molecule has 144 valence electrons. The number of benzene rings is 1. The third-order valence-electron chi connectivity index (χ3n) is 4.46. The molecule has 0 N–H and O–H groups in total. The van der Waals surface area contributed by atoms with Gasteiger partial charge in [-0.3, -0.25) is 14.9 Å². The van der Waals surface area contributed by atoms with Gasteiger partial charge in [-0.2, -0.15) is 4.31 Å². The molecule has 0 aliphatic carbocycles. The second-order valence-corrected chi connectivity index (χ2v) is 8.27. The fourth-order valence-electron chi connectivity index (χ4n) is 3.06. The third kappa shape index (κ3) is 3.71. The standard InChI is InChI=1S/C17H19N3O6S/c1-12-3-5-15(13(2)11-12)27(24,25)19-9-7-18(8-10-19)17(21)14-4-6-16(26-14)20(22)23/h3-6,11H,7-10H2,1-2H3. The Morgan fingerprint density at radius 3 is 2.33 bits per heavy atom. The molecule has 9 nitrogen and oxygen atoms in total. The van der Waals surface area contributed by atoms with E-state index in [4.69, 9.17) is 4.42 Å². The molecule has 1 fully saturated rings. The third-order valence-corrected chi connectivity index (χ3v) is 6.52. The van der Waals surface area contributed by atoms with Crippen molar-refractivity contribution in [1.82, 2.24) is 9.21 Å². The summed E-state index contributed by atoms with van der Waals surface area (Å²) in [6.07, 6.45) is 0. The summed E-state index contributed by atoms with van der Waals surface area (Å²) < 4.78 is 32.0. The lowest BCUT2D eigenvalue weighted by molar-refractivity contribution is -0.402. The van der Waals surface area contributed by atoms with Crippen LogP contribution in [0.3, 0.4) is 0 Å². The molecule has 0 atom stereocenters. The van der Waals surface area contributed by atoms with Crippen molar-refractivity contribution >= 4 is 21.8 Å². The van der Waals surface area contributed by atoms with Crippen LogP contribution in [0.2, 0.25) is 0 Å². The molecule has 27 heavy (non-hydrogen) atoms. The lowest BCUT2D eigenvalue weighted by Gasteiger charge is -2.33. The van der Waals surface area contributed by atoms with Gasteiger partial charge in [-0.1, -0.05) is 17.7 Å². The van der Waals surface area contributed by atoms with Gasteiger partial charge in [0.15, 0.2) is 5.76 Å². The Morgan fingerprint density at radius 2 is 1.78 bits per heavy atom. The molecule has 0 spiro atoms. The molecule has 10 heteroatoms. The van der Waals surface area contributed by atoms with Gasteiger partial charge >= 0.3 is 5.88 Å². The van der Waals surface area contributed by atoms with E-state index >= 15 is 0 Å². The van der Waals surface area contributed by atoms with Crippen LogP contribution in [0.1, 0.15) is 21.7 Å². The summed E-state index contributed by atoms with van der Waals surface area (Å²) >= 11 is 0. The van der Waals surface area contributed by atoms with E-state index < -0.39 is 26.7 Å². The SMILES string of the molecule is Cc1ccc(S(=O)(=O)N2CCN(C(=O)c3ccc([N+](=O)[O-])o3)CC2)c(C)c1. The Kier molecular flexibility index (Phi) is 5.03. The average molecular weight is 393 g/mol. The van der Waals surface area contributed by atoms with E-state index in [9.17, 15) is 23.3 Å². The van der Waals surface area contributed by atoms with Gasteiger partial charge in [0.2, 0.25) is 10.0 Å². The van der Waals surface area contributed by atoms with E-state index in [1.54, 1.807) is 19.1 Å². The summed E-state index contributed by atoms with van der Waals surface area (Å²) in [4.78, 5) is 24.0. The maximum atomic E-state index is 12.9.